The van der Waals surface area contributed by atoms with E-state index in [1.54, 1.807) is 0 Å². The number of benzene rings is 1. The van der Waals surface area contributed by atoms with Crippen molar-refractivity contribution >= 4 is 11.5 Å². The highest BCUT2D eigenvalue weighted by Gasteiger charge is 2.21. The summed E-state index contributed by atoms with van der Waals surface area (Å²) in [5, 5.41) is 3.57. The van der Waals surface area contributed by atoms with Crippen molar-refractivity contribution in [1.82, 2.24) is 10.3 Å². The van der Waals surface area contributed by atoms with E-state index in [1.165, 1.54) is 29.7 Å². The van der Waals surface area contributed by atoms with Gasteiger partial charge in [-0.2, -0.15) is 0 Å². The molecule has 0 spiro atoms. The SMILES string of the molecule is CCc1ccc(N(C)c2ncccc2CNC2CC2)cc1. The molecule has 3 nitrogen and oxygen atoms in total. The first kappa shape index (κ1) is 14.1. The lowest BCUT2D eigenvalue weighted by Crippen LogP contribution is -2.19. The molecule has 1 aliphatic carbocycles. The van der Waals surface area contributed by atoms with E-state index in [-0.39, 0.29) is 0 Å². The lowest BCUT2D eigenvalue weighted by Gasteiger charge is -2.21. The Bertz CT molecular complexity index is 588. The lowest BCUT2D eigenvalue weighted by atomic mass is 10.1. The van der Waals surface area contributed by atoms with Crippen LogP contribution in [-0.2, 0) is 13.0 Å². The van der Waals surface area contributed by atoms with Crippen LogP contribution in [0.3, 0.4) is 0 Å². The van der Waals surface area contributed by atoms with Crippen LogP contribution in [0.1, 0.15) is 30.9 Å². The van der Waals surface area contributed by atoms with E-state index in [2.05, 4.69) is 59.5 Å². The van der Waals surface area contributed by atoms with Crippen LogP contribution < -0.4 is 10.2 Å². The Morgan fingerprint density at radius 3 is 2.62 bits per heavy atom. The third-order valence-electron chi connectivity index (χ3n) is 4.08. The van der Waals surface area contributed by atoms with Crippen LogP contribution in [-0.4, -0.2) is 18.1 Å². The predicted octanol–water partition coefficient (Wildman–Crippen LogP) is 3.66. The summed E-state index contributed by atoms with van der Waals surface area (Å²) in [4.78, 5) is 6.75. The topological polar surface area (TPSA) is 28.2 Å². The molecule has 0 saturated heterocycles. The van der Waals surface area contributed by atoms with Gasteiger partial charge in [0.15, 0.2) is 0 Å². The molecule has 0 radical (unpaired) electrons. The Hall–Kier alpha value is -1.87. The van der Waals surface area contributed by atoms with E-state index in [4.69, 9.17) is 0 Å². The Morgan fingerprint density at radius 2 is 1.95 bits per heavy atom. The first-order valence-electron chi connectivity index (χ1n) is 7.78. The molecule has 1 aromatic heterocycles. The van der Waals surface area contributed by atoms with Gasteiger partial charge >= 0.3 is 0 Å². The van der Waals surface area contributed by atoms with Crippen molar-refractivity contribution in [1.29, 1.82) is 0 Å². The summed E-state index contributed by atoms with van der Waals surface area (Å²) in [6.45, 7) is 3.07. The van der Waals surface area contributed by atoms with E-state index in [9.17, 15) is 0 Å². The smallest absolute Gasteiger partial charge is 0.137 e. The van der Waals surface area contributed by atoms with Gasteiger partial charge in [-0.3, -0.25) is 0 Å². The van der Waals surface area contributed by atoms with Crippen molar-refractivity contribution in [3.05, 3.63) is 53.7 Å². The first-order chi connectivity index (χ1) is 10.3. The molecule has 1 heterocycles. The number of rotatable bonds is 6. The van der Waals surface area contributed by atoms with Gasteiger partial charge in [0.25, 0.3) is 0 Å². The van der Waals surface area contributed by atoms with Gasteiger partial charge < -0.3 is 10.2 Å². The van der Waals surface area contributed by atoms with E-state index in [0.29, 0.717) is 6.04 Å². The summed E-state index contributed by atoms with van der Waals surface area (Å²) >= 11 is 0. The molecule has 21 heavy (non-hydrogen) atoms. The highest BCUT2D eigenvalue weighted by molar-refractivity contribution is 5.62. The van der Waals surface area contributed by atoms with Gasteiger partial charge in [-0.15, -0.1) is 0 Å². The predicted molar refractivity (Wildman–Crippen MR) is 88.0 cm³/mol. The van der Waals surface area contributed by atoms with Gasteiger partial charge in [0.05, 0.1) is 0 Å². The molecule has 0 atom stereocenters. The minimum absolute atomic E-state index is 0.715. The number of anilines is 2. The summed E-state index contributed by atoms with van der Waals surface area (Å²) < 4.78 is 0. The number of hydrogen-bond acceptors (Lipinski definition) is 3. The Balaban J connectivity index is 1.80. The zero-order valence-electron chi connectivity index (χ0n) is 12.8. The van der Waals surface area contributed by atoms with Gasteiger partial charge in [-0.05, 0) is 43.0 Å². The second-order valence-electron chi connectivity index (χ2n) is 5.72. The van der Waals surface area contributed by atoms with Gasteiger partial charge in [-0.25, -0.2) is 4.98 Å². The maximum atomic E-state index is 4.58. The van der Waals surface area contributed by atoms with Crippen molar-refractivity contribution < 1.29 is 0 Å². The third-order valence-corrected chi connectivity index (χ3v) is 4.08. The number of aryl methyl sites for hydroxylation is 1. The fraction of sp³-hybridized carbons (Fsp3) is 0.389. The lowest BCUT2D eigenvalue weighted by molar-refractivity contribution is 0.685. The number of nitrogens with zero attached hydrogens (tertiary/aromatic N) is 2. The van der Waals surface area contributed by atoms with Crippen molar-refractivity contribution in [2.45, 2.75) is 38.8 Å². The highest BCUT2D eigenvalue weighted by Crippen LogP contribution is 2.26. The molecule has 1 aliphatic rings. The van der Waals surface area contributed by atoms with Crippen LogP contribution in [0, 0.1) is 0 Å². The van der Waals surface area contributed by atoms with E-state index in [1.807, 2.05) is 12.3 Å². The summed E-state index contributed by atoms with van der Waals surface area (Å²) in [6.07, 6.45) is 5.56. The van der Waals surface area contributed by atoms with Crippen LogP contribution in [0.25, 0.3) is 0 Å². The minimum Gasteiger partial charge on any atom is -0.329 e. The summed E-state index contributed by atoms with van der Waals surface area (Å²) in [5.41, 5.74) is 3.80. The van der Waals surface area contributed by atoms with Crippen molar-refractivity contribution in [2.75, 3.05) is 11.9 Å². The molecule has 0 bridgehead atoms. The fourth-order valence-corrected chi connectivity index (χ4v) is 2.49. The monoisotopic (exact) mass is 281 g/mol. The van der Waals surface area contributed by atoms with Crippen molar-refractivity contribution in [3.63, 3.8) is 0 Å². The van der Waals surface area contributed by atoms with Gasteiger partial charge in [0.1, 0.15) is 5.82 Å². The summed E-state index contributed by atoms with van der Waals surface area (Å²) in [7, 11) is 2.09. The quantitative estimate of drug-likeness (QED) is 0.875. The summed E-state index contributed by atoms with van der Waals surface area (Å²) in [5.74, 6) is 1.04. The number of aromatic nitrogens is 1. The molecule has 1 fully saturated rings. The van der Waals surface area contributed by atoms with Crippen LogP contribution in [0.15, 0.2) is 42.6 Å². The van der Waals surface area contributed by atoms with Crippen LogP contribution in [0.5, 0.6) is 0 Å². The number of nitrogens with one attached hydrogen (secondary N) is 1. The summed E-state index contributed by atoms with van der Waals surface area (Å²) in [6, 6.07) is 13.6. The average Bonchev–Trinajstić information content (AvgIpc) is 3.37. The maximum absolute atomic E-state index is 4.58. The Morgan fingerprint density at radius 1 is 1.19 bits per heavy atom. The van der Waals surface area contributed by atoms with E-state index in [0.717, 1.165) is 18.8 Å². The molecule has 110 valence electrons. The maximum Gasteiger partial charge on any atom is 0.137 e. The third kappa shape index (κ3) is 3.42. The molecule has 1 saturated carbocycles. The van der Waals surface area contributed by atoms with E-state index >= 15 is 0 Å². The molecule has 3 rings (SSSR count). The van der Waals surface area contributed by atoms with Crippen molar-refractivity contribution in [3.8, 4) is 0 Å². The largest absolute Gasteiger partial charge is 0.329 e. The van der Waals surface area contributed by atoms with Gasteiger partial charge in [-0.1, -0.05) is 25.1 Å². The van der Waals surface area contributed by atoms with Gasteiger partial charge in [0.2, 0.25) is 0 Å². The number of pyridine rings is 1. The van der Waals surface area contributed by atoms with Crippen LogP contribution >= 0.6 is 0 Å². The molecule has 0 amide bonds. The molecule has 3 heteroatoms. The Kier molecular flexibility index (Phi) is 4.20. The Labute approximate surface area is 127 Å². The number of hydrogen-bond donors (Lipinski definition) is 1. The second-order valence-corrected chi connectivity index (χ2v) is 5.72. The van der Waals surface area contributed by atoms with Crippen LogP contribution in [0.4, 0.5) is 11.5 Å². The van der Waals surface area contributed by atoms with Crippen LogP contribution in [0.2, 0.25) is 0 Å². The fourth-order valence-electron chi connectivity index (χ4n) is 2.49. The normalized spacial score (nSPS) is 14.2. The zero-order chi connectivity index (χ0) is 14.7. The molecule has 2 aromatic rings. The standard InChI is InChI=1S/C18H23N3/c1-3-14-6-10-17(11-7-14)21(2)18-15(5-4-12-19-18)13-20-16-8-9-16/h4-7,10-12,16,20H,3,8-9,13H2,1-2H3. The molecule has 1 N–H and O–H groups in total. The van der Waals surface area contributed by atoms with Crippen molar-refractivity contribution in [2.24, 2.45) is 0 Å². The average molecular weight is 281 g/mol. The molecular formula is C18H23N3. The molecule has 0 unspecified atom stereocenters. The zero-order valence-corrected chi connectivity index (χ0v) is 12.8. The highest BCUT2D eigenvalue weighted by atomic mass is 15.2. The molecular weight excluding hydrogens is 258 g/mol. The first-order valence-corrected chi connectivity index (χ1v) is 7.78. The molecule has 1 aromatic carbocycles. The second kappa shape index (κ2) is 6.27. The van der Waals surface area contributed by atoms with E-state index < -0.39 is 0 Å². The minimum atomic E-state index is 0.715. The molecule has 0 aliphatic heterocycles. The van der Waals surface area contributed by atoms with Gasteiger partial charge in [0, 0.05) is 37.1 Å².